The summed E-state index contributed by atoms with van der Waals surface area (Å²) in [6.07, 6.45) is 0.465. The lowest BCUT2D eigenvalue weighted by atomic mass is 10.2. The Labute approximate surface area is 121 Å². The molecule has 0 radical (unpaired) electrons. The van der Waals surface area contributed by atoms with E-state index in [1.54, 1.807) is 17.4 Å². The van der Waals surface area contributed by atoms with Gasteiger partial charge >= 0.3 is 0 Å². The van der Waals surface area contributed by atoms with Crippen molar-refractivity contribution in [1.82, 2.24) is 0 Å². The van der Waals surface area contributed by atoms with Crippen LogP contribution < -0.4 is 4.74 Å². The summed E-state index contributed by atoms with van der Waals surface area (Å²) in [7, 11) is 0. The minimum absolute atomic E-state index is 0.0672. The molecule has 2 nitrogen and oxygen atoms in total. The highest BCUT2D eigenvalue weighted by Gasteiger charge is 2.05. The van der Waals surface area contributed by atoms with E-state index in [4.69, 9.17) is 9.84 Å². The number of halogens is 1. The van der Waals surface area contributed by atoms with E-state index >= 15 is 0 Å². The van der Waals surface area contributed by atoms with Crippen LogP contribution in [0.5, 0.6) is 5.75 Å². The number of aliphatic hydroxyl groups excluding tert-OH is 1. The zero-order valence-electron chi connectivity index (χ0n) is 11.1. The number of benzene rings is 1. The molecule has 1 aromatic carbocycles. The molecule has 2 rings (SSSR count). The summed E-state index contributed by atoms with van der Waals surface area (Å²) in [5.74, 6) is 6.32. The zero-order valence-corrected chi connectivity index (χ0v) is 12.0. The molecular formula is C16H15FO2S. The summed E-state index contributed by atoms with van der Waals surface area (Å²) in [6.45, 7) is 2.29. The number of aliphatic hydroxyl groups is 1. The van der Waals surface area contributed by atoms with Gasteiger partial charge in [-0.05, 0) is 42.1 Å². The number of hydrogen-bond acceptors (Lipinski definition) is 3. The molecule has 0 aliphatic carbocycles. The number of hydrogen-bond donors (Lipinski definition) is 1. The molecule has 0 atom stereocenters. The van der Waals surface area contributed by atoms with E-state index in [2.05, 4.69) is 11.8 Å². The minimum Gasteiger partial charge on any atom is -0.488 e. The van der Waals surface area contributed by atoms with Gasteiger partial charge in [0, 0.05) is 12.0 Å². The van der Waals surface area contributed by atoms with Crippen LogP contribution in [0, 0.1) is 24.6 Å². The van der Waals surface area contributed by atoms with Crippen molar-refractivity contribution >= 4 is 11.3 Å². The molecule has 0 aliphatic rings. The molecule has 0 aliphatic heterocycles. The summed E-state index contributed by atoms with van der Waals surface area (Å²) < 4.78 is 18.7. The van der Waals surface area contributed by atoms with Gasteiger partial charge < -0.3 is 9.84 Å². The summed E-state index contributed by atoms with van der Waals surface area (Å²) in [5.41, 5.74) is 1.69. The molecule has 4 heteroatoms. The van der Waals surface area contributed by atoms with Crippen LogP contribution in [0.15, 0.2) is 29.6 Å². The van der Waals surface area contributed by atoms with E-state index in [0.29, 0.717) is 18.8 Å². The van der Waals surface area contributed by atoms with E-state index < -0.39 is 0 Å². The van der Waals surface area contributed by atoms with E-state index in [-0.39, 0.29) is 12.4 Å². The second kappa shape index (κ2) is 7.09. The van der Waals surface area contributed by atoms with Crippen molar-refractivity contribution < 1.29 is 14.2 Å². The van der Waals surface area contributed by atoms with Crippen LogP contribution in [0.4, 0.5) is 4.39 Å². The third kappa shape index (κ3) is 3.83. The maximum absolute atomic E-state index is 13.0. The van der Waals surface area contributed by atoms with Crippen LogP contribution in [0.3, 0.4) is 0 Å². The molecule has 0 saturated carbocycles. The van der Waals surface area contributed by atoms with Gasteiger partial charge in [-0.3, -0.25) is 0 Å². The fourth-order valence-corrected chi connectivity index (χ4v) is 2.44. The summed E-state index contributed by atoms with van der Waals surface area (Å²) in [5, 5.41) is 10.7. The van der Waals surface area contributed by atoms with Crippen molar-refractivity contribution in [2.24, 2.45) is 0 Å². The second-order valence-electron chi connectivity index (χ2n) is 4.23. The Balaban J connectivity index is 2.04. The first-order valence-electron chi connectivity index (χ1n) is 6.25. The molecule has 0 fully saturated rings. The molecule has 0 amide bonds. The van der Waals surface area contributed by atoms with Crippen molar-refractivity contribution in [2.75, 3.05) is 6.61 Å². The summed E-state index contributed by atoms with van der Waals surface area (Å²) >= 11 is 1.57. The lowest BCUT2D eigenvalue weighted by Gasteiger charge is -2.08. The van der Waals surface area contributed by atoms with E-state index in [1.165, 1.54) is 12.1 Å². The average Bonchev–Trinajstić information content (AvgIpc) is 2.86. The van der Waals surface area contributed by atoms with Gasteiger partial charge in [0.15, 0.2) is 0 Å². The fourth-order valence-electron chi connectivity index (χ4n) is 1.70. The number of ether oxygens (including phenoxy) is 1. The fraction of sp³-hybridized carbons (Fsp3) is 0.250. The second-order valence-corrected chi connectivity index (χ2v) is 5.23. The first-order valence-corrected chi connectivity index (χ1v) is 7.13. The topological polar surface area (TPSA) is 29.5 Å². The monoisotopic (exact) mass is 290 g/mol. The van der Waals surface area contributed by atoms with Crippen LogP contribution in [0.1, 0.15) is 22.4 Å². The number of aryl methyl sites for hydroxylation is 1. The van der Waals surface area contributed by atoms with Crippen LogP contribution in [-0.4, -0.2) is 11.7 Å². The molecule has 1 aromatic heterocycles. The van der Waals surface area contributed by atoms with E-state index in [0.717, 1.165) is 16.0 Å². The molecule has 20 heavy (non-hydrogen) atoms. The molecule has 0 saturated heterocycles. The lowest BCUT2D eigenvalue weighted by molar-refractivity contribution is 0.305. The quantitative estimate of drug-likeness (QED) is 0.873. The van der Waals surface area contributed by atoms with Gasteiger partial charge in [0.05, 0.1) is 11.5 Å². The molecule has 0 bridgehead atoms. The molecular weight excluding hydrogens is 275 g/mol. The van der Waals surface area contributed by atoms with Crippen LogP contribution >= 0.6 is 11.3 Å². The van der Waals surface area contributed by atoms with Crippen molar-refractivity contribution in [3.8, 4) is 17.6 Å². The predicted molar refractivity (Wildman–Crippen MR) is 78.4 cm³/mol. The molecule has 1 heterocycles. The Morgan fingerprint density at radius 1 is 1.35 bits per heavy atom. The van der Waals surface area contributed by atoms with Crippen molar-refractivity contribution in [2.45, 2.75) is 20.0 Å². The average molecular weight is 290 g/mol. The van der Waals surface area contributed by atoms with Gasteiger partial charge in [-0.2, -0.15) is 0 Å². The van der Waals surface area contributed by atoms with Crippen LogP contribution in [-0.2, 0) is 6.61 Å². The highest BCUT2D eigenvalue weighted by molar-refractivity contribution is 7.10. The molecule has 2 aromatic rings. The first-order chi connectivity index (χ1) is 9.70. The summed E-state index contributed by atoms with van der Waals surface area (Å²) in [6, 6.07) is 6.41. The van der Waals surface area contributed by atoms with Gasteiger partial charge in [-0.15, -0.1) is 11.3 Å². The Bertz CT molecular complexity index is 637. The Morgan fingerprint density at radius 3 is 2.95 bits per heavy atom. The van der Waals surface area contributed by atoms with Gasteiger partial charge in [0.1, 0.15) is 18.2 Å². The normalized spacial score (nSPS) is 9.95. The zero-order chi connectivity index (χ0) is 14.4. The Hall–Kier alpha value is -1.83. The lowest BCUT2D eigenvalue weighted by Crippen LogP contribution is -1.97. The van der Waals surface area contributed by atoms with Crippen molar-refractivity contribution in [3.05, 3.63) is 51.5 Å². The maximum Gasteiger partial charge on any atom is 0.124 e. The summed E-state index contributed by atoms with van der Waals surface area (Å²) in [4.78, 5) is 1.03. The van der Waals surface area contributed by atoms with Gasteiger partial charge in [0.25, 0.3) is 0 Å². The van der Waals surface area contributed by atoms with Gasteiger partial charge in [-0.1, -0.05) is 11.8 Å². The minimum atomic E-state index is -0.262. The predicted octanol–water partition coefficient (Wildman–Crippen LogP) is 3.51. The van der Waals surface area contributed by atoms with E-state index in [9.17, 15) is 4.39 Å². The van der Waals surface area contributed by atoms with Crippen molar-refractivity contribution in [1.29, 1.82) is 0 Å². The first kappa shape index (κ1) is 14.6. The highest BCUT2D eigenvalue weighted by Crippen LogP contribution is 2.22. The molecule has 1 N–H and O–H groups in total. The van der Waals surface area contributed by atoms with Crippen LogP contribution in [0.25, 0.3) is 0 Å². The van der Waals surface area contributed by atoms with Gasteiger partial charge in [-0.25, -0.2) is 4.39 Å². The Kier molecular flexibility index (Phi) is 5.16. The molecule has 104 valence electrons. The molecule has 0 unspecified atom stereocenters. The molecule has 0 spiro atoms. The van der Waals surface area contributed by atoms with E-state index in [1.807, 2.05) is 18.4 Å². The van der Waals surface area contributed by atoms with Crippen LogP contribution in [0.2, 0.25) is 0 Å². The number of thiophene rings is 1. The third-order valence-electron chi connectivity index (χ3n) is 2.70. The highest BCUT2D eigenvalue weighted by atomic mass is 32.1. The largest absolute Gasteiger partial charge is 0.488 e. The Morgan fingerprint density at radius 2 is 2.20 bits per heavy atom. The van der Waals surface area contributed by atoms with Gasteiger partial charge in [0.2, 0.25) is 0 Å². The maximum atomic E-state index is 13.0. The standard InChI is InChI=1S/C16H15FO2S/c1-12-10-14(17)5-6-15(12)19-11-16-13(7-9-20-16)4-2-3-8-18/h5-7,9-10,18H,3,8,11H2,1H3. The SMILES string of the molecule is Cc1cc(F)ccc1OCc1sccc1C#CCCO. The number of rotatable bonds is 4. The smallest absolute Gasteiger partial charge is 0.124 e. The third-order valence-corrected chi connectivity index (χ3v) is 3.60. The van der Waals surface area contributed by atoms with Crippen molar-refractivity contribution in [3.63, 3.8) is 0 Å².